The summed E-state index contributed by atoms with van der Waals surface area (Å²) in [7, 11) is 0. The van der Waals surface area contributed by atoms with Crippen LogP contribution in [0.1, 0.15) is 51.5 Å². The van der Waals surface area contributed by atoms with Crippen molar-refractivity contribution in [1.29, 1.82) is 10.5 Å². The van der Waals surface area contributed by atoms with Crippen LogP contribution in [-0.4, -0.2) is 16.3 Å². The van der Waals surface area contributed by atoms with Gasteiger partial charge < -0.3 is 5.21 Å². The maximum atomic E-state index is 11.0. The first-order valence-electron chi connectivity index (χ1n) is 7.86. The van der Waals surface area contributed by atoms with Crippen molar-refractivity contribution >= 4 is 0 Å². The molecule has 0 aliphatic heterocycles. The number of rotatable bonds is 4. The van der Waals surface area contributed by atoms with Crippen LogP contribution in [0.3, 0.4) is 0 Å². The Morgan fingerprint density at radius 1 is 1.05 bits per heavy atom. The first kappa shape index (κ1) is 16.5. The second-order valence-corrected chi connectivity index (χ2v) is 6.56. The smallest absolute Gasteiger partial charge is 0.175 e. The summed E-state index contributed by atoms with van der Waals surface area (Å²) in [5.74, 6) is 0. The summed E-state index contributed by atoms with van der Waals surface area (Å²) in [5.41, 5.74) is -1.75. The van der Waals surface area contributed by atoms with E-state index in [1.54, 1.807) is 13.8 Å². The Labute approximate surface area is 132 Å². The Kier molecular flexibility index (Phi) is 4.86. The molecule has 4 heteroatoms. The quantitative estimate of drug-likeness (QED) is 0.853. The Hall–Kier alpha value is -1.88. The minimum Gasteiger partial charge on any atom is -0.312 e. The molecule has 1 N–H and O–H groups in total. The minimum atomic E-state index is -1.37. The van der Waals surface area contributed by atoms with E-state index in [-0.39, 0.29) is 6.04 Å². The van der Waals surface area contributed by atoms with Crippen LogP contribution in [-0.2, 0) is 5.54 Å². The third-order valence-corrected chi connectivity index (χ3v) is 4.80. The number of benzene rings is 1. The maximum absolute atomic E-state index is 11.0. The predicted molar refractivity (Wildman–Crippen MR) is 83.6 cm³/mol. The van der Waals surface area contributed by atoms with E-state index in [0.717, 1.165) is 32.1 Å². The molecule has 1 unspecified atom stereocenters. The number of hydrogen-bond donors (Lipinski definition) is 1. The summed E-state index contributed by atoms with van der Waals surface area (Å²) in [6.07, 6.45) is 4.97. The van der Waals surface area contributed by atoms with E-state index in [4.69, 9.17) is 0 Å². The lowest BCUT2D eigenvalue weighted by molar-refractivity contribution is -0.218. The molecule has 0 amide bonds. The average Bonchev–Trinajstić information content (AvgIpc) is 2.57. The SMILES string of the molecule is CC(C)(C#N)C(C#N)(c1ccccc1)N(O)C1CCCCC1. The molecule has 1 aliphatic carbocycles. The monoisotopic (exact) mass is 297 g/mol. The highest BCUT2D eigenvalue weighted by atomic mass is 16.5. The highest BCUT2D eigenvalue weighted by Gasteiger charge is 2.54. The van der Waals surface area contributed by atoms with Crippen LogP contribution >= 0.6 is 0 Å². The Morgan fingerprint density at radius 3 is 2.14 bits per heavy atom. The molecule has 1 aromatic carbocycles. The molecule has 0 heterocycles. The maximum Gasteiger partial charge on any atom is 0.175 e. The van der Waals surface area contributed by atoms with Gasteiger partial charge in [-0.25, -0.2) is 0 Å². The summed E-state index contributed by atoms with van der Waals surface area (Å²) in [5, 5.41) is 31.8. The number of nitrogens with zero attached hydrogens (tertiary/aromatic N) is 3. The van der Waals surface area contributed by atoms with E-state index in [1.165, 1.54) is 5.06 Å². The van der Waals surface area contributed by atoms with E-state index in [2.05, 4.69) is 12.1 Å². The Morgan fingerprint density at radius 2 is 1.64 bits per heavy atom. The summed E-state index contributed by atoms with van der Waals surface area (Å²) in [6.45, 7) is 3.44. The van der Waals surface area contributed by atoms with Gasteiger partial charge in [0, 0.05) is 6.04 Å². The topological polar surface area (TPSA) is 71.0 Å². The van der Waals surface area contributed by atoms with Gasteiger partial charge in [-0.15, -0.1) is 0 Å². The molecule has 0 spiro atoms. The molecule has 1 atom stereocenters. The third kappa shape index (κ3) is 2.61. The lowest BCUT2D eigenvalue weighted by atomic mass is 9.68. The number of hydroxylamine groups is 2. The van der Waals surface area contributed by atoms with Crippen LogP contribution in [0.15, 0.2) is 30.3 Å². The van der Waals surface area contributed by atoms with Gasteiger partial charge in [-0.1, -0.05) is 49.6 Å². The summed E-state index contributed by atoms with van der Waals surface area (Å²) >= 11 is 0. The molecule has 1 saturated carbocycles. The van der Waals surface area contributed by atoms with Crippen LogP contribution in [0, 0.1) is 28.1 Å². The molecular formula is C18H23N3O. The van der Waals surface area contributed by atoms with Gasteiger partial charge in [0.15, 0.2) is 5.54 Å². The first-order valence-corrected chi connectivity index (χ1v) is 7.86. The van der Waals surface area contributed by atoms with Crippen LogP contribution < -0.4 is 0 Å². The Bertz CT molecular complexity index is 579. The van der Waals surface area contributed by atoms with Crippen molar-refractivity contribution in [3.05, 3.63) is 35.9 Å². The van der Waals surface area contributed by atoms with E-state index in [9.17, 15) is 15.7 Å². The van der Waals surface area contributed by atoms with Crippen molar-refractivity contribution in [3.8, 4) is 12.1 Å². The zero-order valence-corrected chi connectivity index (χ0v) is 13.3. The van der Waals surface area contributed by atoms with Gasteiger partial charge in [0.25, 0.3) is 0 Å². The fraction of sp³-hybridized carbons (Fsp3) is 0.556. The largest absolute Gasteiger partial charge is 0.312 e. The fourth-order valence-corrected chi connectivity index (χ4v) is 3.39. The second-order valence-electron chi connectivity index (χ2n) is 6.56. The Balaban J connectivity index is 2.55. The first-order chi connectivity index (χ1) is 10.5. The molecule has 0 radical (unpaired) electrons. The van der Waals surface area contributed by atoms with Crippen molar-refractivity contribution in [2.75, 3.05) is 0 Å². The van der Waals surface area contributed by atoms with Gasteiger partial charge in [0.2, 0.25) is 0 Å². The molecule has 22 heavy (non-hydrogen) atoms. The molecule has 4 nitrogen and oxygen atoms in total. The highest BCUT2D eigenvalue weighted by molar-refractivity contribution is 5.37. The average molecular weight is 297 g/mol. The zero-order chi connectivity index (χ0) is 16.2. The van der Waals surface area contributed by atoms with Crippen molar-refractivity contribution in [2.45, 2.75) is 57.5 Å². The molecule has 1 aliphatic rings. The molecule has 0 bridgehead atoms. The van der Waals surface area contributed by atoms with Crippen LogP contribution in [0.5, 0.6) is 0 Å². The van der Waals surface area contributed by atoms with E-state index in [1.807, 2.05) is 30.3 Å². The molecule has 1 aromatic rings. The van der Waals surface area contributed by atoms with Crippen LogP contribution in [0.4, 0.5) is 0 Å². The number of hydrogen-bond acceptors (Lipinski definition) is 4. The lowest BCUT2D eigenvalue weighted by Crippen LogP contribution is -2.57. The van der Waals surface area contributed by atoms with Gasteiger partial charge in [0.05, 0.1) is 17.6 Å². The number of nitriles is 2. The van der Waals surface area contributed by atoms with Crippen LogP contribution in [0.2, 0.25) is 0 Å². The van der Waals surface area contributed by atoms with Gasteiger partial charge in [-0.3, -0.25) is 0 Å². The predicted octanol–water partition coefficient (Wildman–Crippen LogP) is 3.98. The van der Waals surface area contributed by atoms with Crippen molar-refractivity contribution in [1.82, 2.24) is 5.06 Å². The van der Waals surface area contributed by atoms with Crippen LogP contribution in [0.25, 0.3) is 0 Å². The molecule has 2 rings (SSSR count). The van der Waals surface area contributed by atoms with E-state index < -0.39 is 11.0 Å². The van der Waals surface area contributed by atoms with Gasteiger partial charge in [-0.2, -0.15) is 15.6 Å². The fourth-order valence-electron chi connectivity index (χ4n) is 3.39. The minimum absolute atomic E-state index is 0.0822. The summed E-state index contributed by atoms with van der Waals surface area (Å²) in [4.78, 5) is 0. The molecule has 1 fully saturated rings. The second kappa shape index (κ2) is 6.48. The highest BCUT2D eigenvalue weighted by Crippen LogP contribution is 2.45. The van der Waals surface area contributed by atoms with Gasteiger partial charge in [-0.05, 0) is 32.3 Å². The third-order valence-electron chi connectivity index (χ3n) is 4.80. The summed E-state index contributed by atoms with van der Waals surface area (Å²) < 4.78 is 0. The van der Waals surface area contributed by atoms with E-state index in [0.29, 0.717) is 5.56 Å². The normalized spacial score (nSPS) is 19.2. The molecule has 0 aromatic heterocycles. The zero-order valence-electron chi connectivity index (χ0n) is 13.3. The molecular weight excluding hydrogens is 274 g/mol. The van der Waals surface area contributed by atoms with Crippen molar-refractivity contribution < 1.29 is 5.21 Å². The molecule has 116 valence electrons. The van der Waals surface area contributed by atoms with Gasteiger partial charge in [0.1, 0.15) is 0 Å². The lowest BCUT2D eigenvalue weighted by Gasteiger charge is -2.46. The van der Waals surface area contributed by atoms with E-state index >= 15 is 0 Å². The standard InChI is InChI=1S/C18H23N3O/c1-17(2,13-19)18(14-20,15-9-5-3-6-10-15)21(22)16-11-7-4-8-12-16/h3,5-6,9-10,16,22H,4,7-8,11-12H2,1-2H3. The van der Waals surface area contributed by atoms with Gasteiger partial charge >= 0.3 is 0 Å². The molecule has 0 saturated heterocycles. The van der Waals surface area contributed by atoms with Crippen molar-refractivity contribution in [2.24, 2.45) is 5.41 Å². The van der Waals surface area contributed by atoms with Crippen molar-refractivity contribution in [3.63, 3.8) is 0 Å². The summed E-state index contributed by atoms with van der Waals surface area (Å²) in [6, 6.07) is 13.6.